The molecule has 2 aromatic carbocycles. The zero-order valence-corrected chi connectivity index (χ0v) is 18.8. The summed E-state index contributed by atoms with van der Waals surface area (Å²) in [4.78, 5) is 58.3. The molecule has 2 aliphatic heterocycles. The number of benzene rings is 2. The minimum Gasteiger partial charge on any atom is -0.452 e. The molecule has 1 saturated heterocycles. The van der Waals surface area contributed by atoms with Crippen LogP contribution in [0.4, 0.5) is 10.8 Å². The Morgan fingerprint density at radius 1 is 1.21 bits per heavy atom. The van der Waals surface area contributed by atoms with Gasteiger partial charge < -0.3 is 9.64 Å². The molecule has 2 aliphatic rings. The zero-order chi connectivity index (χ0) is 23.3. The predicted molar refractivity (Wildman–Crippen MR) is 122 cm³/mol. The van der Waals surface area contributed by atoms with E-state index in [9.17, 15) is 19.2 Å². The standard InChI is InChI=1S/C23H20N4O5S/c1-13-7-8-15-17(11-13)33-22(24-15)25-18(28)12-32-21(31)23-10-9-19(29)27(23)16-6-4-3-5-14(16)20(30)26(23)2/h3-8,11H,9-10,12H2,1-2H3,(H,24,25,28). The summed E-state index contributed by atoms with van der Waals surface area (Å²) >= 11 is 1.32. The fourth-order valence-corrected chi connectivity index (χ4v) is 5.36. The fourth-order valence-electron chi connectivity index (χ4n) is 4.38. The van der Waals surface area contributed by atoms with E-state index in [0.717, 1.165) is 15.8 Å². The maximum Gasteiger partial charge on any atom is 0.354 e. The van der Waals surface area contributed by atoms with Crippen LogP contribution >= 0.6 is 11.3 Å². The smallest absolute Gasteiger partial charge is 0.354 e. The molecule has 3 amide bonds. The SMILES string of the molecule is Cc1ccc2nc(NC(=O)COC(=O)C34CCC(=O)N3c3ccccc3C(=O)N4C)sc2c1. The van der Waals surface area contributed by atoms with Gasteiger partial charge >= 0.3 is 5.97 Å². The van der Waals surface area contributed by atoms with Crippen molar-refractivity contribution in [2.24, 2.45) is 0 Å². The van der Waals surface area contributed by atoms with Gasteiger partial charge in [0.1, 0.15) is 0 Å². The van der Waals surface area contributed by atoms with Crippen LogP contribution in [-0.2, 0) is 19.1 Å². The van der Waals surface area contributed by atoms with Crippen molar-refractivity contribution in [1.29, 1.82) is 0 Å². The summed E-state index contributed by atoms with van der Waals surface area (Å²) in [5.74, 6) is -2.05. The fraction of sp³-hybridized carbons (Fsp3) is 0.261. The molecular weight excluding hydrogens is 444 g/mol. The Labute approximate surface area is 192 Å². The third kappa shape index (κ3) is 3.25. The number of carbonyl (C=O) groups excluding carboxylic acids is 4. The molecule has 168 valence electrons. The van der Waals surface area contributed by atoms with Crippen molar-refractivity contribution in [2.45, 2.75) is 25.4 Å². The van der Waals surface area contributed by atoms with E-state index in [1.807, 2.05) is 25.1 Å². The summed E-state index contributed by atoms with van der Waals surface area (Å²) in [6.45, 7) is 1.40. The van der Waals surface area contributed by atoms with Gasteiger partial charge in [0.25, 0.3) is 11.8 Å². The van der Waals surface area contributed by atoms with Crippen molar-refractivity contribution in [3.05, 3.63) is 53.6 Å². The average Bonchev–Trinajstić information content (AvgIpc) is 3.36. The van der Waals surface area contributed by atoms with Gasteiger partial charge in [0.2, 0.25) is 11.6 Å². The van der Waals surface area contributed by atoms with E-state index in [4.69, 9.17) is 4.74 Å². The minimum atomic E-state index is -1.61. The number of anilines is 2. The van der Waals surface area contributed by atoms with Gasteiger partial charge in [0.05, 0.1) is 21.5 Å². The summed E-state index contributed by atoms with van der Waals surface area (Å²) in [5.41, 5.74) is 0.936. The molecule has 9 nitrogen and oxygen atoms in total. The number of likely N-dealkylation sites (N-methyl/N-ethyl adjacent to an activating group) is 1. The molecule has 0 bridgehead atoms. The molecule has 0 radical (unpaired) electrons. The van der Waals surface area contributed by atoms with Crippen LogP contribution in [0.1, 0.15) is 28.8 Å². The lowest BCUT2D eigenvalue weighted by Crippen LogP contribution is -2.67. The van der Waals surface area contributed by atoms with Gasteiger partial charge in [-0.2, -0.15) is 0 Å². The molecule has 0 saturated carbocycles. The Morgan fingerprint density at radius 2 is 2.00 bits per heavy atom. The largest absolute Gasteiger partial charge is 0.452 e. The number of esters is 1. The quantitative estimate of drug-likeness (QED) is 0.595. The second kappa shape index (κ2) is 7.66. The summed E-state index contributed by atoms with van der Waals surface area (Å²) < 4.78 is 6.27. The van der Waals surface area contributed by atoms with E-state index in [2.05, 4.69) is 10.3 Å². The molecule has 1 aromatic heterocycles. The van der Waals surface area contributed by atoms with Gasteiger partial charge in [0.15, 0.2) is 11.7 Å². The van der Waals surface area contributed by atoms with Crippen LogP contribution in [0.25, 0.3) is 10.2 Å². The maximum absolute atomic E-state index is 13.2. The average molecular weight is 465 g/mol. The lowest BCUT2D eigenvalue weighted by molar-refractivity contribution is -0.158. The first kappa shape index (κ1) is 21.1. The van der Waals surface area contributed by atoms with Crippen LogP contribution < -0.4 is 10.2 Å². The molecule has 1 fully saturated rings. The van der Waals surface area contributed by atoms with Crippen LogP contribution in [0.15, 0.2) is 42.5 Å². The van der Waals surface area contributed by atoms with Crippen molar-refractivity contribution in [3.63, 3.8) is 0 Å². The first-order chi connectivity index (χ1) is 15.8. The number of para-hydroxylation sites is 1. The van der Waals surface area contributed by atoms with E-state index in [0.29, 0.717) is 16.4 Å². The second-order valence-electron chi connectivity index (χ2n) is 8.04. The Hall–Kier alpha value is -3.79. The number of ether oxygens (including phenoxy) is 1. The van der Waals surface area contributed by atoms with Gasteiger partial charge in [-0.05, 0) is 36.8 Å². The van der Waals surface area contributed by atoms with E-state index < -0.39 is 24.1 Å². The summed E-state index contributed by atoms with van der Waals surface area (Å²) in [6.07, 6.45) is 0.165. The first-order valence-corrected chi connectivity index (χ1v) is 11.2. The Morgan fingerprint density at radius 3 is 2.82 bits per heavy atom. The number of amides is 3. The third-order valence-electron chi connectivity index (χ3n) is 5.99. The zero-order valence-electron chi connectivity index (χ0n) is 18.0. The molecular formula is C23H20N4O5S. The van der Waals surface area contributed by atoms with E-state index in [1.165, 1.54) is 28.2 Å². The number of nitrogens with one attached hydrogen (secondary N) is 1. The van der Waals surface area contributed by atoms with Crippen molar-refractivity contribution < 1.29 is 23.9 Å². The number of nitrogens with zero attached hydrogens (tertiary/aromatic N) is 3. The number of aromatic nitrogens is 1. The highest BCUT2D eigenvalue weighted by Gasteiger charge is 2.60. The Bertz CT molecular complexity index is 1340. The molecule has 3 heterocycles. The Balaban J connectivity index is 1.34. The monoisotopic (exact) mass is 464 g/mol. The van der Waals surface area contributed by atoms with E-state index >= 15 is 0 Å². The first-order valence-electron chi connectivity index (χ1n) is 10.4. The molecule has 5 rings (SSSR count). The molecule has 3 aromatic rings. The molecule has 33 heavy (non-hydrogen) atoms. The molecule has 0 aliphatic carbocycles. The van der Waals surface area contributed by atoms with Crippen LogP contribution in [0.3, 0.4) is 0 Å². The van der Waals surface area contributed by atoms with Gasteiger partial charge in [-0.3, -0.25) is 24.6 Å². The van der Waals surface area contributed by atoms with Crippen molar-refractivity contribution in [3.8, 4) is 0 Å². The molecule has 1 unspecified atom stereocenters. The summed E-state index contributed by atoms with van der Waals surface area (Å²) in [6, 6.07) is 12.4. The number of fused-ring (bicyclic) bond motifs is 4. The van der Waals surface area contributed by atoms with E-state index in [-0.39, 0.29) is 24.7 Å². The highest BCUT2D eigenvalue weighted by Crippen LogP contribution is 2.44. The van der Waals surface area contributed by atoms with Crippen molar-refractivity contribution in [2.75, 3.05) is 23.9 Å². The van der Waals surface area contributed by atoms with Crippen molar-refractivity contribution >= 4 is 56.1 Å². The highest BCUT2D eigenvalue weighted by molar-refractivity contribution is 7.22. The number of rotatable bonds is 4. The predicted octanol–water partition coefficient (Wildman–Crippen LogP) is 2.70. The lowest BCUT2D eigenvalue weighted by atomic mass is 9.97. The van der Waals surface area contributed by atoms with Crippen LogP contribution in [0.2, 0.25) is 0 Å². The molecule has 1 atom stereocenters. The van der Waals surface area contributed by atoms with Gasteiger partial charge in [-0.1, -0.05) is 29.5 Å². The third-order valence-corrected chi connectivity index (χ3v) is 6.93. The van der Waals surface area contributed by atoms with Gasteiger partial charge in [-0.15, -0.1) is 0 Å². The molecule has 0 spiro atoms. The van der Waals surface area contributed by atoms with E-state index in [1.54, 1.807) is 24.3 Å². The second-order valence-corrected chi connectivity index (χ2v) is 9.07. The number of aryl methyl sites for hydroxylation is 1. The van der Waals surface area contributed by atoms with Gasteiger partial charge in [-0.25, -0.2) is 9.78 Å². The summed E-state index contributed by atoms with van der Waals surface area (Å²) in [5, 5.41) is 3.04. The summed E-state index contributed by atoms with van der Waals surface area (Å²) in [7, 11) is 1.47. The van der Waals surface area contributed by atoms with Crippen LogP contribution in [-0.4, -0.2) is 52.9 Å². The number of thiazole rings is 1. The normalized spacial score (nSPS) is 19.5. The maximum atomic E-state index is 13.2. The molecule has 10 heteroatoms. The number of hydrogen-bond donors (Lipinski definition) is 1. The molecule has 1 N–H and O–H groups in total. The lowest BCUT2D eigenvalue weighted by Gasteiger charge is -2.46. The van der Waals surface area contributed by atoms with Gasteiger partial charge in [0, 0.05) is 19.9 Å². The van der Waals surface area contributed by atoms with Crippen molar-refractivity contribution in [1.82, 2.24) is 9.88 Å². The number of hydrogen-bond acceptors (Lipinski definition) is 7. The highest BCUT2D eigenvalue weighted by atomic mass is 32.1. The topological polar surface area (TPSA) is 109 Å². The Kier molecular flexibility index (Phi) is 4.89. The minimum absolute atomic E-state index is 0.0817. The number of carbonyl (C=O) groups is 4. The van der Waals surface area contributed by atoms with Crippen LogP contribution in [0.5, 0.6) is 0 Å². The van der Waals surface area contributed by atoms with Crippen LogP contribution in [0, 0.1) is 6.92 Å².